The summed E-state index contributed by atoms with van der Waals surface area (Å²) in [5, 5.41) is 12.7. The molecule has 1 aromatic heterocycles. The molecule has 12 heteroatoms. The number of benzene rings is 2. The van der Waals surface area contributed by atoms with Gasteiger partial charge in [0, 0.05) is 48.9 Å². The highest BCUT2D eigenvalue weighted by atomic mass is 19.1. The molecule has 0 bridgehead atoms. The van der Waals surface area contributed by atoms with Crippen LogP contribution in [0.1, 0.15) is 43.0 Å². The maximum atomic E-state index is 15.9. The Hall–Kier alpha value is -3.48. The van der Waals surface area contributed by atoms with Gasteiger partial charge in [0.15, 0.2) is 11.6 Å². The number of hydrogen-bond acceptors (Lipinski definition) is 7. The molecular weight excluding hydrogens is 530 g/mol. The normalized spacial score (nSPS) is 16.1. The minimum Gasteiger partial charge on any atom is -0.497 e. The van der Waals surface area contributed by atoms with Crippen LogP contribution in [0.25, 0.3) is 10.9 Å². The third-order valence-corrected chi connectivity index (χ3v) is 7.74. The van der Waals surface area contributed by atoms with Crippen molar-refractivity contribution in [1.82, 2.24) is 15.4 Å². The summed E-state index contributed by atoms with van der Waals surface area (Å²) in [6.07, 6.45) is 1.00. The van der Waals surface area contributed by atoms with Crippen LogP contribution >= 0.6 is 0 Å². The molecule has 2 heterocycles. The number of pyridine rings is 1. The smallest absolute Gasteiger partial charge is 0.249 e. The minimum atomic E-state index is -1.44. The Bertz CT molecular complexity index is 1320. The number of aromatic nitrogens is 1. The van der Waals surface area contributed by atoms with Crippen molar-refractivity contribution >= 4 is 22.5 Å². The molecule has 216 valence electrons. The number of likely N-dealkylation sites (tertiary alicyclic amines) is 1. The fourth-order valence-corrected chi connectivity index (χ4v) is 5.40. The van der Waals surface area contributed by atoms with Gasteiger partial charge in [-0.1, -0.05) is 0 Å². The van der Waals surface area contributed by atoms with Crippen LogP contribution in [0.2, 0.25) is 0 Å². The second-order valence-electron chi connectivity index (χ2n) is 10.0. The Labute approximate surface area is 229 Å². The van der Waals surface area contributed by atoms with Crippen LogP contribution in [-0.4, -0.2) is 54.3 Å². The number of nitrogens with two attached hydrogens (primary N) is 1. The lowest BCUT2D eigenvalue weighted by Gasteiger charge is -2.40. The number of nitrogens with zero attached hydrogens (tertiary/aromatic N) is 2. The number of rotatable bonds is 11. The van der Waals surface area contributed by atoms with E-state index in [9.17, 15) is 23.2 Å². The summed E-state index contributed by atoms with van der Waals surface area (Å²) in [6, 6.07) is 6.41. The molecular formula is C28H33F4N5O3. The number of methoxy groups -OCH3 is 1. The van der Waals surface area contributed by atoms with Crippen molar-refractivity contribution in [3.63, 3.8) is 0 Å². The summed E-state index contributed by atoms with van der Waals surface area (Å²) in [5.41, 5.74) is 7.81. The van der Waals surface area contributed by atoms with Crippen LogP contribution in [-0.2, 0) is 11.3 Å². The lowest BCUT2D eigenvalue weighted by Crippen LogP contribution is -2.49. The molecule has 0 saturated carbocycles. The first-order valence-corrected chi connectivity index (χ1v) is 13.1. The zero-order valence-corrected chi connectivity index (χ0v) is 22.2. The monoisotopic (exact) mass is 563 g/mol. The van der Waals surface area contributed by atoms with Gasteiger partial charge in [-0.3, -0.25) is 15.0 Å². The van der Waals surface area contributed by atoms with Crippen molar-refractivity contribution in [3.05, 3.63) is 65.1 Å². The number of ether oxygens (including phenoxy) is 1. The van der Waals surface area contributed by atoms with Gasteiger partial charge in [-0.15, -0.1) is 0 Å². The Morgan fingerprint density at radius 2 is 1.90 bits per heavy atom. The van der Waals surface area contributed by atoms with E-state index in [-0.39, 0.29) is 25.9 Å². The number of alkyl halides is 1. The second kappa shape index (κ2) is 12.8. The number of amides is 1. The highest BCUT2D eigenvalue weighted by molar-refractivity contribution is 5.85. The van der Waals surface area contributed by atoms with Crippen molar-refractivity contribution in [3.8, 4) is 5.75 Å². The third kappa shape index (κ3) is 6.29. The first kappa shape index (κ1) is 29.5. The van der Waals surface area contributed by atoms with E-state index in [0.29, 0.717) is 72.4 Å². The van der Waals surface area contributed by atoms with E-state index < -0.39 is 40.6 Å². The van der Waals surface area contributed by atoms with Crippen LogP contribution in [0.3, 0.4) is 0 Å². The van der Waals surface area contributed by atoms with Gasteiger partial charge in [-0.2, -0.15) is 0 Å². The van der Waals surface area contributed by atoms with E-state index in [1.165, 1.54) is 7.11 Å². The fraction of sp³-hybridized carbons (Fsp3) is 0.429. The standard InChI is InChI=1S/C28H33F4N5O3/c1-40-19-2-3-24-20(14-19)25(17(15-33)16-35-24)21(30)4-5-28(27(38)36-39)6-9-37(10-7-28)11-8-34-26-22(31)12-18(29)13-23(26)32/h2-3,12-14,16,21,34,39H,4-11,15,33H2,1H3,(H,36,38). The molecule has 8 nitrogen and oxygen atoms in total. The van der Waals surface area contributed by atoms with E-state index in [0.717, 1.165) is 0 Å². The van der Waals surface area contributed by atoms with E-state index in [1.54, 1.807) is 29.9 Å². The molecule has 40 heavy (non-hydrogen) atoms. The van der Waals surface area contributed by atoms with Crippen LogP contribution in [0.4, 0.5) is 23.2 Å². The number of fused-ring (bicyclic) bond motifs is 1. The second-order valence-corrected chi connectivity index (χ2v) is 10.0. The fourth-order valence-electron chi connectivity index (χ4n) is 5.40. The molecule has 2 aromatic carbocycles. The predicted octanol–water partition coefficient (Wildman–Crippen LogP) is 4.61. The van der Waals surface area contributed by atoms with E-state index in [4.69, 9.17) is 10.5 Å². The Balaban J connectivity index is 1.42. The van der Waals surface area contributed by atoms with Crippen molar-refractivity contribution in [1.29, 1.82) is 0 Å². The van der Waals surface area contributed by atoms with Crippen LogP contribution < -0.4 is 21.3 Å². The van der Waals surface area contributed by atoms with E-state index >= 15 is 4.39 Å². The molecule has 0 aliphatic carbocycles. The maximum Gasteiger partial charge on any atom is 0.249 e. The molecule has 0 spiro atoms. The Kier molecular flexibility index (Phi) is 9.44. The summed E-state index contributed by atoms with van der Waals surface area (Å²) in [4.78, 5) is 19.2. The number of anilines is 1. The maximum absolute atomic E-state index is 15.9. The molecule has 4 rings (SSSR count). The van der Waals surface area contributed by atoms with Gasteiger partial charge in [0.25, 0.3) is 0 Å². The quantitative estimate of drug-likeness (QED) is 0.153. The lowest BCUT2D eigenvalue weighted by atomic mass is 9.73. The minimum absolute atomic E-state index is 0.0153. The summed E-state index contributed by atoms with van der Waals surface area (Å²) in [7, 11) is 1.52. The van der Waals surface area contributed by atoms with Gasteiger partial charge in [0.1, 0.15) is 23.4 Å². The zero-order chi connectivity index (χ0) is 28.9. The van der Waals surface area contributed by atoms with E-state index in [2.05, 4.69) is 10.3 Å². The first-order valence-electron chi connectivity index (χ1n) is 13.1. The first-order chi connectivity index (χ1) is 19.2. The summed E-state index contributed by atoms with van der Waals surface area (Å²) in [6.45, 7) is 1.58. The Morgan fingerprint density at radius 1 is 1.20 bits per heavy atom. The number of carbonyl (C=O) groups excluding carboxylic acids is 1. The number of nitrogens with one attached hydrogen (secondary N) is 2. The summed E-state index contributed by atoms with van der Waals surface area (Å²) >= 11 is 0. The average Bonchev–Trinajstić information content (AvgIpc) is 2.96. The molecule has 3 aromatic rings. The van der Waals surface area contributed by atoms with Crippen LogP contribution in [0, 0.1) is 22.9 Å². The van der Waals surface area contributed by atoms with Gasteiger partial charge in [-0.25, -0.2) is 23.0 Å². The van der Waals surface area contributed by atoms with Gasteiger partial charge >= 0.3 is 0 Å². The highest BCUT2D eigenvalue weighted by Crippen LogP contribution is 2.41. The number of hydroxylamine groups is 1. The largest absolute Gasteiger partial charge is 0.497 e. The molecule has 5 N–H and O–H groups in total. The van der Waals surface area contributed by atoms with Crippen molar-refractivity contribution in [2.45, 2.75) is 38.4 Å². The molecule has 1 amide bonds. The van der Waals surface area contributed by atoms with Crippen molar-refractivity contribution in [2.24, 2.45) is 11.1 Å². The molecule has 1 fully saturated rings. The van der Waals surface area contributed by atoms with Gasteiger partial charge < -0.3 is 20.7 Å². The van der Waals surface area contributed by atoms with Gasteiger partial charge in [0.2, 0.25) is 5.91 Å². The van der Waals surface area contributed by atoms with Crippen LogP contribution in [0.15, 0.2) is 36.5 Å². The SMILES string of the molecule is COc1ccc2ncc(CN)c(C(F)CCC3(C(=O)NO)CCN(CCNc4c(F)cc(F)cc4F)CC3)c2c1. The molecule has 1 aliphatic rings. The summed E-state index contributed by atoms with van der Waals surface area (Å²) in [5.74, 6) is -3.06. The van der Waals surface area contributed by atoms with Crippen LogP contribution in [0.5, 0.6) is 5.75 Å². The molecule has 1 unspecified atom stereocenters. The lowest BCUT2D eigenvalue weighted by molar-refractivity contribution is -0.143. The average molecular weight is 564 g/mol. The summed E-state index contributed by atoms with van der Waals surface area (Å²) < 4.78 is 62.1. The van der Waals surface area contributed by atoms with Gasteiger partial charge in [0.05, 0.1) is 18.0 Å². The van der Waals surface area contributed by atoms with Crippen molar-refractivity contribution in [2.75, 3.05) is 38.6 Å². The molecule has 1 atom stereocenters. The predicted molar refractivity (Wildman–Crippen MR) is 142 cm³/mol. The third-order valence-electron chi connectivity index (χ3n) is 7.74. The Morgan fingerprint density at radius 3 is 2.52 bits per heavy atom. The number of carbonyl (C=O) groups is 1. The van der Waals surface area contributed by atoms with Gasteiger partial charge in [-0.05, 0) is 62.5 Å². The number of halogens is 4. The number of hydrogen-bond donors (Lipinski definition) is 4. The topological polar surface area (TPSA) is 113 Å². The molecule has 1 saturated heterocycles. The molecule has 1 aliphatic heterocycles. The van der Waals surface area contributed by atoms with E-state index in [1.807, 2.05) is 4.90 Å². The van der Waals surface area contributed by atoms with Crippen molar-refractivity contribution < 1.29 is 32.3 Å². The zero-order valence-electron chi connectivity index (χ0n) is 22.2. The molecule has 0 radical (unpaired) electrons. The number of piperidine rings is 1. The highest BCUT2D eigenvalue weighted by Gasteiger charge is 2.41.